The quantitative estimate of drug-likeness (QED) is 0.173. The SMILES string of the molecule is CCCCCCCCCCCCCCCC[N+]1(C)C[C@H](CS(=O)(=O)[O-])[C@H](C)C1. The molecule has 0 spiro atoms. The van der Waals surface area contributed by atoms with E-state index in [0.717, 1.165) is 24.1 Å². The largest absolute Gasteiger partial charge is 0.748 e. The van der Waals surface area contributed by atoms with Crippen LogP contribution >= 0.6 is 0 Å². The van der Waals surface area contributed by atoms with Gasteiger partial charge in [0.05, 0.1) is 36.8 Å². The second-order valence-corrected chi connectivity index (χ2v) is 11.2. The van der Waals surface area contributed by atoms with E-state index in [0.29, 0.717) is 5.92 Å². The zero-order valence-corrected chi connectivity index (χ0v) is 19.8. The van der Waals surface area contributed by atoms with E-state index in [1.165, 1.54) is 89.9 Å². The van der Waals surface area contributed by atoms with E-state index in [9.17, 15) is 13.0 Å². The van der Waals surface area contributed by atoms with Crippen LogP contribution < -0.4 is 0 Å². The molecule has 1 aliphatic heterocycles. The van der Waals surface area contributed by atoms with E-state index in [4.69, 9.17) is 0 Å². The molecule has 0 N–H and O–H groups in total. The highest BCUT2D eigenvalue weighted by Gasteiger charge is 2.40. The van der Waals surface area contributed by atoms with Gasteiger partial charge in [-0.3, -0.25) is 0 Å². The number of nitrogens with zero attached hydrogens (tertiary/aromatic N) is 1. The third-order valence-electron chi connectivity index (χ3n) is 6.68. The van der Waals surface area contributed by atoms with Gasteiger partial charge in [-0.25, -0.2) is 8.42 Å². The van der Waals surface area contributed by atoms with Crippen LogP contribution in [0.5, 0.6) is 0 Å². The molecule has 0 aliphatic carbocycles. The van der Waals surface area contributed by atoms with Gasteiger partial charge in [0.1, 0.15) is 0 Å². The summed E-state index contributed by atoms with van der Waals surface area (Å²) in [5.74, 6) is 0.195. The summed E-state index contributed by atoms with van der Waals surface area (Å²) in [4.78, 5) is 0. The molecule has 3 atom stereocenters. The van der Waals surface area contributed by atoms with E-state index in [2.05, 4.69) is 20.9 Å². The Hall–Kier alpha value is -0.130. The second kappa shape index (κ2) is 14.0. The van der Waals surface area contributed by atoms with Gasteiger partial charge in [0, 0.05) is 17.6 Å². The zero-order chi connectivity index (χ0) is 20.9. The Kier molecular flexibility index (Phi) is 12.9. The lowest BCUT2D eigenvalue weighted by Crippen LogP contribution is -2.43. The molecule has 1 saturated heterocycles. The standard InChI is InChI=1S/C23H47NO3S/c1-4-5-6-7-8-9-10-11-12-13-14-15-16-17-18-24(3)19-22(2)23(20-24)21-28(25,26)27/h22-23H,4-21H2,1-3H3/t22-,23-,24?/m1/s1. The van der Waals surface area contributed by atoms with E-state index in [-0.39, 0.29) is 11.7 Å². The van der Waals surface area contributed by atoms with Gasteiger partial charge in [-0.1, -0.05) is 90.9 Å². The lowest BCUT2D eigenvalue weighted by Gasteiger charge is -2.30. The molecule has 1 rings (SSSR count). The third kappa shape index (κ3) is 12.4. The highest BCUT2D eigenvalue weighted by Crippen LogP contribution is 2.29. The third-order valence-corrected chi connectivity index (χ3v) is 7.51. The second-order valence-electron chi connectivity index (χ2n) is 9.77. The average Bonchev–Trinajstić information content (AvgIpc) is 2.87. The summed E-state index contributed by atoms with van der Waals surface area (Å²) < 4.78 is 34.2. The smallest absolute Gasteiger partial charge is 0.0951 e. The molecule has 1 fully saturated rings. The van der Waals surface area contributed by atoms with Gasteiger partial charge in [0.15, 0.2) is 0 Å². The number of likely N-dealkylation sites (tertiary alicyclic amines) is 1. The molecular weight excluding hydrogens is 370 g/mol. The van der Waals surface area contributed by atoms with Crippen LogP contribution in [0.2, 0.25) is 0 Å². The molecule has 0 amide bonds. The van der Waals surface area contributed by atoms with Crippen molar-refractivity contribution in [2.24, 2.45) is 11.8 Å². The van der Waals surface area contributed by atoms with Crippen LogP contribution in [0.1, 0.15) is 104 Å². The van der Waals surface area contributed by atoms with Crippen molar-refractivity contribution < 1.29 is 17.5 Å². The minimum atomic E-state index is -4.10. The topological polar surface area (TPSA) is 57.2 Å². The van der Waals surface area contributed by atoms with Gasteiger partial charge in [0.2, 0.25) is 0 Å². The maximum atomic E-state index is 11.1. The van der Waals surface area contributed by atoms with Crippen LogP contribution in [-0.2, 0) is 10.1 Å². The summed E-state index contributed by atoms with van der Waals surface area (Å²) in [7, 11) is -1.87. The van der Waals surface area contributed by atoms with Gasteiger partial charge in [-0.05, 0) is 12.8 Å². The van der Waals surface area contributed by atoms with Gasteiger partial charge in [0.25, 0.3) is 0 Å². The number of hydrogen-bond acceptors (Lipinski definition) is 3. The van der Waals surface area contributed by atoms with Crippen LogP contribution in [0, 0.1) is 11.8 Å². The lowest BCUT2D eigenvalue weighted by molar-refractivity contribution is -0.900. The Labute approximate surface area is 175 Å². The molecule has 0 aromatic heterocycles. The van der Waals surface area contributed by atoms with Crippen molar-refractivity contribution in [3.63, 3.8) is 0 Å². The molecule has 0 saturated carbocycles. The first-order valence-electron chi connectivity index (χ1n) is 12.0. The fourth-order valence-corrected chi connectivity index (χ4v) is 5.97. The first kappa shape index (κ1) is 25.9. The van der Waals surface area contributed by atoms with Crippen molar-refractivity contribution in [1.29, 1.82) is 0 Å². The molecular formula is C23H47NO3S. The summed E-state index contributed by atoms with van der Waals surface area (Å²) in [6, 6.07) is 0. The van der Waals surface area contributed by atoms with Crippen LogP contribution in [0.15, 0.2) is 0 Å². The van der Waals surface area contributed by atoms with Crippen LogP contribution in [-0.4, -0.2) is 49.9 Å². The molecule has 1 aliphatic rings. The Morgan fingerprint density at radius 2 is 1.21 bits per heavy atom. The molecule has 168 valence electrons. The van der Waals surface area contributed by atoms with E-state index < -0.39 is 10.1 Å². The molecule has 1 unspecified atom stereocenters. The molecule has 0 bridgehead atoms. The maximum Gasteiger partial charge on any atom is 0.0951 e. The van der Waals surface area contributed by atoms with Gasteiger partial charge in [-0.15, -0.1) is 0 Å². The number of hydrogen-bond donors (Lipinski definition) is 0. The molecule has 1 heterocycles. The molecule has 0 aromatic carbocycles. The summed E-state index contributed by atoms with van der Waals surface area (Å²) >= 11 is 0. The normalized spacial score (nSPS) is 25.4. The van der Waals surface area contributed by atoms with E-state index >= 15 is 0 Å². The number of rotatable bonds is 17. The lowest BCUT2D eigenvalue weighted by atomic mass is 10.0. The molecule has 4 nitrogen and oxygen atoms in total. The minimum absolute atomic E-state index is 0.0409. The summed E-state index contributed by atoms with van der Waals surface area (Å²) in [5.41, 5.74) is 0. The fourth-order valence-electron chi connectivity index (χ4n) is 5.01. The van der Waals surface area contributed by atoms with Crippen molar-refractivity contribution in [3.05, 3.63) is 0 Å². The van der Waals surface area contributed by atoms with Crippen LogP contribution in [0.3, 0.4) is 0 Å². The van der Waals surface area contributed by atoms with Gasteiger partial charge in [-0.2, -0.15) is 0 Å². The zero-order valence-electron chi connectivity index (χ0n) is 19.0. The Balaban J connectivity index is 1.96. The summed E-state index contributed by atoms with van der Waals surface area (Å²) in [6.07, 6.45) is 19.2. The molecule has 5 heteroatoms. The van der Waals surface area contributed by atoms with Crippen LogP contribution in [0.4, 0.5) is 0 Å². The number of quaternary nitrogens is 1. The predicted octanol–water partition coefficient (Wildman–Crippen LogP) is 5.73. The van der Waals surface area contributed by atoms with Crippen molar-refractivity contribution in [1.82, 2.24) is 0 Å². The minimum Gasteiger partial charge on any atom is -0.748 e. The Morgan fingerprint density at radius 1 is 0.786 bits per heavy atom. The fraction of sp³-hybridized carbons (Fsp3) is 1.00. The highest BCUT2D eigenvalue weighted by molar-refractivity contribution is 7.85. The van der Waals surface area contributed by atoms with Gasteiger partial charge < -0.3 is 9.04 Å². The Morgan fingerprint density at radius 3 is 1.64 bits per heavy atom. The first-order valence-corrected chi connectivity index (χ1v) is 13.6. The van der Waals surface area contributed by atoms with Crippen LogP contribution in [0.25, 0.3) is 0 Å². The highest BCUT2D eigenvalue weighted by atomic mass is 32.2. The van der Waals surface area contributed by atoms with E-state index in [1.807, 2.05) is 0 Å². The molecule has 0 aromatic rings. The number of unbranched alkanes of at least 4 members (excludes halogenated alkanes) is 13. The van der Waals surface area contributed by atoms with Crippen molar-refractivity contribution in [3.8, 4) is 0 Å². The van der Waals surface area contributed by atoms with E-state index in [1.54, 1.807) is 0 Å². The Bertz CT molecular complexity index is 494. The van der Waals surface area contributed by atoms with Gasteiger partial charge >= 0.3 is 0 Å². The van der Waals surface area contributed by atoms with Crippen molar-refractivity contribution in [2.45, 2.75) is 104 Å². The molecule has 28 heavy (non-hydrogen) atoms. The van der Waals surface area contributed by atoms with Crippen molar-refractivity contribution >= 4 is 10.1 Å². The molecule has 0 radical (unpaired) electrons. The van der Waals surface area contributed by atoms with Crippen molar-refractivity contribution in [2.75, 3.05) is 32.4 Å². The monoisotopic (exact) mass is 417 g/mol. The summed E-state index contributed by atoms with van der Waals surface area (Å²) in [6.45, 7) is 7.36. The average molecular weight is 418 g/mol. The predicted molar refractivity (Wildman–Crippen MR) is 118 cm³/mol. The maximum absolute atomic E-state index is 11.1. The summed E-state index contributed by atoms with van der Waals surface area (Å²) in [5, 5.41) is 0. The first-order chi connectivity index (χ1) is 13.3.